The van der Waals surface area contributed by atoms with Crippen molar-refractivity contribution in [3.8, 4) is 11.5 Å². The Morgan fingerprint density at radius 3 is 2.70 bits per heavy atom. The van der Waals surface area contributed by atoms with Crippen LogP contribution in [0.15, 0.2) is 48.2 Å². The number of aliphatic hydroxyl groups excluding tert-OH is 1. The van der Waals surface area contributed by atoms with Gasteiger partial charge >= 0.3 is 0 Å². The highest BCUT2D eigenvalue weighted by molar-refractivity contribution is 6.34. The molecule has 2 amide bonds. The lowest BCUT2D eigenvalue weighted by Gasteiger charge is -2.11. The smallest absolute Gasteiger partial charge is 0.267 e. The molecule has 2 aromatic rings. The summed E-state index contributed by atoms with van der Waals surface area (Å²) in [5.74, 6) is 0.101. The number of hydrogen-bond donors (Lipinski definition) is 3. The first-order valence-electron chi connectivity index (χ1n) is 8.15. The molecule has 27 heavy (non-hydrogen) atoms. The molecule has 0 aromatic heterocycles. The molecule has 0 bridgehead atoms. The van der Waals surface area contributed by atoms with Crippen LogP contribution in [-0.4, -0.2) is 36.9 Å². The van der Waals surface area contributed by atoms with E-state index in [0.29, 0.717) is 17.1 Å². The van der Waals surface area contributed by atoms with Crippen LogP contribution in [0.4, 0.5) is 0 Å². The summed E-state index contributed by atoms with van der Waals surface area (Å²) in [5, 5.41) is 14.3. The minimum Gasteiger partial charge on any atom is -0.454 e. The molecular formula is C19H17ClN2O5. The van der Waals surface area contributed by atoms with Crippen LogP contribution < -0.4 is 20.1 Å². The summed E-state index contributed by atoms with van der Waals surface area (Å²) in [6, 6.07) is 11.7. The Morgan fingerprint density at radius 1 is 1.15 bits per heavy atom. The number of fused-ring (bicyclic) bond motifs is 1. The lowest BCUT2D eigenvalue weighted by molar-refractivity contribution is -0.117. The molecule has 0 radical (unpaired) electrons. The van der Waals surface area contributed by atoms with Crippen LogP contribution in [0.2, 0.25) is 5.02 Å². The molecule has 0 fully saturated rings. The van der Waals surface area contributed by atoms with Crippen molar-refractivity contribution >= 4 is 29.5 Å². The van der Waals surface area contributed by atoms with Crippen LogP contribution in [0.5, 0.6) is 11.5 Å². The Hall–Kier alpha value is -3.03. The van der Waals surface area contributed by atoms with Gasteiger partial charge in [-0.15, -0.1) is 0 Å². The molecule has 0 saturated heterocycles. The van der Waals surface area contributed by atoms with Crippen molar-refractivity contribution in [3.05, 3.63) is 64.3 Å². The van der Waals surface area contributed by atoms with Crippen molar-refractivity contribution in [3.63, 3.8) is 0 Å². The second-order valence-electron chi connectivity index (χ2n) is 5.58. The zero-order chi connectivity index (χ0) is 19.2. The van der Waals surface area contributed by atoms with E-state index >= 15 is 0 Å². The first-order valence-corrected chi connectivity index (χ1v) is 8.52. The summed E-state index contributed by atoms with van der Waals surface area (Å²) >= 11 is 6.05. The van der Waals surface area contributed by atoms with Gasteiger partial charge in [0.25, 0.3) is 11.8 Å². The predicted molar refractivity (Wildman–Crippen MR) is 99.6 cm³/mol. The van der Waals surface area contributed by atoms with Crippen LogP contribution in [0.1, 0.15) is 15.9 Å². The Morgan fingerprint density at radius 2 is 1.93 bits per heavy atom. The highest BCUT2D eigenvalue weighted by atomic mass is 35.5. The summed E-state index contributed by atoms with van der Waals surface area (Å²) in [7, 11) is 0. The van der Waals surface area contributed by atoms with Gasteiger partial charge in [0.2, 0.25) is 6.79 Å². The van der Waals surface area contributed by atoms with E-state index in [-0.39, 0.29) is 36.2 Å². The molecule has 8 heteroatoms. The van der Waals surface area contributed by atoms with Gasteiger partial charge in [0.05, 0.1) is 17.2 Å². The van der Waals surface area contributed by atoms with Crippen molar-refractivity contribution in [1.82, 2.24) is 10.6 Å². The fraction of sp³-hybridized carbons (Fsp3) is 0.158. The van der Waals surface area contributed by atoms with E-state index in [4.69, 9.17) is 26.2 Å². The lowest BCUT2D eigenvalue weighted by atomic mass is 10.1. The largest absolute Gasteiger partial charge is 0.454 e. The number of amides is 2. The van der Waals surface area contributed by atoms with Gasteiger partial charge in [-0.05, 0) is 35.9 Å². The van der Waals surface area contributed by atoms with Crippen LogP contribution >= 0.6 is 11.6 Å². The molecule has 3 N–H and O–H groups in total. The maximum atomic E-state index is 12.5. The molecule has 140 valence electrons. The normalized spacial score (nSPS) is 12.6. The molecule has 2 aromatic carbocycles. The maximum absolute atomic E-state index is 12.5. The lowest BCUT2D eigenvalue weighted by Crippen LogP contribution is -2.36. The monoisotopic (exact) mass is 388 g/mol. The van der Waals surface area contributed by atoms with Gasteiger partial charge in [0.15, 0.2) is 11.5 Å². The Labute approximate surface area is 160 Å². The van der Waals surface area contributed by atoms with E-state index in [0.717, 1.165) is 0 Å². The fourth-order valence-electron chi connectivity index (χ4n) is 2.43. The number of rotatable bonds is 6. The number of nitrogens with one attached hydrogen (secondary N) is 2. The summed E-state index contributed by atoms with van der Waals surface area (Å²) in [6.45, 7) is -0.0314. The van der Waals surface area contributed by atoms with E-state index in [1.807, 2.05) is 0 Å². The zero-order valence-corrected chi connectivity index (χ0v) is 15.0. The van der Waals surface area contributed by atoms with Gasteiger partial charge in [0, 0.05) is 6.54 Å². The molecule has 0 saturated carbocycles. The van der Waals surface area contributed by atoms with Gasteiger partial charge < -0.3 is 25.2 Å². The third-order valence-corrected chi connectivity index (χ3v) is 4.05. The summed E-state index contributed by atoms with van der Waals surface area (Å²) in [4.78, 5) is 24.9. The van der Waals surface area contributed by atoms with Crippen molar-refractivity contribution in [2.24, 2.45) is 0 Å². The SMILES string of the molecule is O=C(NCCO)C(=Cc1ccc2c(c1)OCO2)NC(=O)c1ccccc1Cl. The van der Waals surface area contributed by atoms with Crippen LogP contribution in [0.3, 0.4) is 0 Å². The quantitative estimate of drug-likeness (QED) is 0.657. The van der Waals surface area contributed by atoms with E-state index in [1.165, 1.54) is 6.08 Å². The summed E-state index contributed by atoms with van der Waals surface area (Å²) in [6.07, 6.45) is 1.50. The summed E-state index contributed by atoms with van der Waals surface area (Å²) < 4.78 is 10.6. The van der Waals surface area contributed by atoms with Gasteiger partial charge in [0.1, 0.15) is 5.70 Å². The molecule has 0 aliphatic carbocycles. The van der Waals surface area contributed by atoms with E-state index in [2.05, 4.69) is 10.6 Å². The fourth-order valence-corrected chi connectivity index (χ4v) is 2.65. The topological polar surface area (TPSA) is 96.9 Å². The third-order valence-electron chi connectivity index (χ3n) is 3.72. The van der Waals surface area contributed by atoms with Crippen molar-refractivity contribution in [2.75, 3.05) is 19.9 Å². The Kier molecular flexibility index (Phi) is 5.95. The number of aliphatic hydroxyl groups is 1. The second kappa shape index (κ2) is 8.57. The van der Waals surface area contributed by atoms with Gasteiger partial charge in [-0.3, -0.25) is 9.59 Å². The highest BCUT2D eigenvalue weighted by Crippen LogP contribution is 2.33. The van der Waals surface area contributed by atoms with Gasteiger partial charge in [-0.2, -0.15) is 0 Å². The standard InChI is InChI=1S/C19H17ClN2O5/c20-14-4-2-1-3-13(14)18(24)22-15(19(25)21-7-8-23)9-12-5-6-16-17(10-12)27-11-26-16/h1-6,9-10,23H,7-8,11H2,(H,21,25)(H,22,24). The van der Waals surface area contributed by atoms with Crippen LogP contribution in [0.25, 0.3) is 6.08 Å². The number of carbonyl (C=O) groups is 2. The molecular weight excluding hydrogens is 372 g/mol. The molecule has 3 rings (SSSR count). The Balaban J connectivity index is 1.87. The molecule has 0 spiro atoms. The molecule has 1 aliphatic heterocycles. The van der Waals surface area contributed by atoms with E-state index in [1.54, 1.807) is 42.5 Å². The number of halogens is 1. The summed E-state index contributed by atoms with van der Waals surface area (Å²) in [5.41, 5.74) is 0.880. The average Bonchev–Trinajstić information content (AvgIpc) is 3.13. The minimum absolute atomic E-state index is 0.00670. The van der Waals surface area contributed by atoms with E-state index < -0.39 is 11.8 Å². The van der Waals surface area contributed by atoms with Crippen molar-refractivity contribution in [1.29, 1.82) is 0 Å². The van der Waals surface area contributed by atoms with Crippen molar-refractivity contribution in [2.45, 2.75) is 0 Å². The number of benzene rings is 2. The molecule has 0 unspecified atom stereocenters. The van der Waals surface area contributed by atoms with E-state index in [9.17, 15) is 9.59 Å². The number of hydrogen-bond acceptors (Lipinski definition) is 5. The molecule has 7 nitrogen and oxygen atoms in total. The Bertz CT molecular complexity index is 897. The highest BCUT2D eigenvalue weighted by Gasteiger charge is 2.17. The number of carbonyl (C=O) groups excluding carboxylic acids is 2. The number of ether oxygens (including phenoxy) is 2. The zero-order valence-electron chi connectivity index (χ0n) is 14.2. The predicted octanol–water partition coefficient (Wildman–Crippen LogP) is 1.95. The van der Waals surface area contributed by atoms with Crippen molar-refractivity contribution < 1.29 is 24.2 Å². The maximum Gasteiger partial charge on any atom is 0.267 e. The third kappa shape index (κ3) is 4.58. The average molecular weight is 389 g/mol. The minimum atomic E-state index is -0.540. The first-order chi connectivity index (χ1) is 13.1. The molecule has 1 heterocycles. The molecule has 1 aliphatic rings. The van der Waals surface area contributed by atoms with Crippen LogP contribution in [-0.2, 0) is 4.79 Å². The van der Waals surface area contributed by atoms with Gasteiger partial charge in [-0.25, -0.2) is 0 Å². The van der Waals surface area contributed by atoms with Crippen LogP contribution in [0, 0.1) is 0 Å². The van der Waals surface area contributed by atoms with Gasteiger partial charge in [-0.1, -0.05) is 29.8 Å². The first kappa shape index (κ1) is 18.8. The molecule has 0 atom stereocenters. The second-order valence-corrected chi connectivity index (χ2v) is 5.99.